The minimum atomic E-state index is -3.67. The number of anilines is 1. The molecule has 35 heavy (non-hydrogen) atoms. The highest BCUT2D eigenvalue weighted by Crippen LogP contribution is 2.27. The molecule has 0 aliphatic carbocycles. The first-order valence-corrected chi connectivity index (χ1v) is 14.4. The SMILES string of the molecule is CCOC(=O)c1csc(N[N+]2(C(=O)CCS(=O)(=O)c3ccc4cc(Cl)ccc4c3)CCCCC2)n1. The number of aromatic nitrogens is 1. The van der Waals surface area contributed by atoms with Crippen LogP contribution in [0.5, 0.6) is 0 Å². The number of amides is 1. The van der Waals surface area contributed by atoms with Gasteiger partial charge in [-0.3, -0.25) is 0 Å². The maximum absolute atomic E-state index is 13.4. The molecule has 0 saturated carbocycles. The minimum absolute atomic E-state index is 0.0818. The van der Waals surface area contributed by atoms with Crippen LogP contribution >= 0.6 is 22.9 Å². The smallest absolute Gasteiger partial charge is 0.357 e. The lowest BCUT2D eigenvalue weighted by Gasteiger charge is -2.37. The molecule has 4 rings (SSSR count). The Morgan fingerprint density at radius 2 is 1.83 bits per heavy atom. The van der Waals surface area contributed by atoms with Gasteiger partial charge < -0.3 is 4.74 Å². The second-order valence-corrected chi connectivity index (χ2v) is 11.9. The number of esters is 1. The number of nitrogens with zero attached hydrogens (tertiary/aromatic N) is 2. The molecule has 1 aliphatic heterocycles. The monoisotopic (exact) mass is 536 g/mol. The van der Waals surface area contributed by atoms with E-state index in [1.54, 1.807) is 48.7 Å². The Bertz CT molecular complexity index is 1350. The van der Waals surface area contributed by atoms with Gasteiger partial charge >= 0.3 is 11.9 Å². The molecule has 1 saturated heterocycles. The summed E-state index contributed by atoms with van der Waals surface area (Å²) in [6.07, 6.45) is 2.52. The minimum Gasteiger partial charge on any atom is -0.461 e. The van der Waals surface area contributed by atoms with Crippen LogP contribution in [0, 0.1) is 0 Å². The standard InChI is InChI=1S/C24H27ClN3O5S2/c1-2-33-23(30)21-16-34-24(26-21)27-28(11-4-3-5-12-28)22(29)10-13-35(31,32)20-9-7-17-14-19(25)8-6-18(17)15-20/h6-9,14-16H,2-5,10-13H2,1H3,(H,26,27)/q+1. The second kappa shape index (κ2) is 10.6. The van der Waals surface area contributed by atoms with Crippen LogP contribution in [-0.4, -0.2) is 55.3 Å². The van der Waals surface area contributed by atoms with E-state index < -0.39 is 15.8 Å². The zero-order valence-electron chi connectivity index (χ0n) is 19.3. The van der Waals surface area contributed by atoms with Crippen molar-refractivity contribution in [3.05, 3.63) is 52.5 Å². The van der Waals surface area contributed by atoms with Crippen LogP contribution in [0.1, 0.15) is 43.1 Å². The normalized spacial score (nSPS) is 15.6. The maximum Gasteiger partial charge on any atom is 0.357 e. The number of hydrogen-bond acceptors (Lipinski definition) is 8. The van der Waals surface area contributed by atoms with Crippen LogP contribution in [0.4, 0.5) is 5.13 Å². The summed E-state index contributed by atoms with van der Waals surface area (Å²) in [6, 6.07) is 10.2. The first-order valence-electron chi connectivity index (χ1n) is 11.5. The fraction of sp³-hybridized carbons (Fsp3) is 0.375. The van der Waals surface area contributed by atoms with Crippen molar-refractivity contribution in [2.45, 2.75) is 37.5 Å². The van der Waals surface area contributed by atoms with Gasteiger partial charge in [0.1, 0.15) is 13.1 Å². The van der Waals surface area contributed by atoms with Crippen molar-refractivity contribution in [1.82, 2.24) is 4.98 Å². The first-order chi connectivity index (χ1) is 16.7. The van der Waals surface area contributed by atoms with Crippen LogP contribution in [0.2, 0.25) is 5.02 Å². The molecular formula is C24H27ClN3O5S2+. The molecular weight excluding hydrogens is 510 g/mol. The zero-order valence-corrected chi connectivity index (χ0v) is 21.7. The average Bonchev–Trinajstić information content (AvgIpc) is 3.31. The van der Waals surface area contributed by atoms with Gasteiger partial charge in [-0.05, 0) is 61.2 Å². The number of halogens is 1. The third kappa shape index (κ3) is 5.83. The summed E-state index contributed by atoms with van der Waals surface area (Å²) < 4.78 is 31.0. The summed E-state index contributed by atoms with van der Waals surface area (Å²) in [5.74, 6) is -1.02. The fourth-order valence-electron chi connectivity index (χ4n) is 4.22. The number of hydrogen-bond donors (Lipinski definition) is 1. The maximum atomic E-state index is 13.4. The van der Waals surface area contributed by atoms with Gasteiger partial charge in [0.05, 0.1) is 23.7 Å². The third-order valence-electron chi connectivity index (χ3n) is 6.07. The van der Waals surface area contributed by atoms with Crippen molar-refractivity contribution < 1.29 is 27.3 Å². The number of rotatable bonds is 8. The van der Waals surface area contributed by atoms with Gasteiger partial charge in [-0.25, -0.2) is 28.4 Å². The Balaban J connectivity index is 1.49. The molecule has 11 heteroatoms. The quantitative estimate of drug-likeness (QED) is 0.324. The molecule has 1 aromatic heterocycles. The highest BCUT2D eigenvalue weighted by Gasteiger charge is 2.40. The third-order valence-corrected chi connectivity index (χ3v) is 8.77. The van der Waals surface area contributed by atoms with Crippen LogP contribution in [-0.2, 0) is 19.4 Å². The zero-order chi connectivity index (χ0) is 25.1. The number of ether oxygens (including phenoxy) is 1. The van der Waals surface area contributed by atoms with Gasteiger partial charge in [-0.1, -0.05) is 23.7 Å². The number of benzene rings is 2. The van der Waals surface area contributed by atoms with E-state index in [4.69, 9.17) is 16.3 Å². The van der Waals surface area contributed by atoms with Crippen molar-refractivity contribution in [2.24, 2.45) is 0 Å². The topological polar surface area (TPSA) is 102 Å². The molecule has 1 N–H and O–H groups in total. The van der Waals surface area contributed by atoms with Crippen molar-refractivity contribution in [1.29, 1.82) is 0 Å². The summed E-state index contributed by atoms with van der Waals surface area (Å²) in [7, 11) is -3.67. The largest absolute Gasteiger partial charge is 0.461 e. The highest BCUT2D eigenvalue weighted by atomic mass is 35.5. The van der Waals surface area contributed by atoms with Crippen molar-refractivity contribution in [2.75, 3.05) is 30.9 Å². The van der Waals surface area contributed by atoms with Crippen molar-refractivity contribution in [3.8, 4) is 0 Å². The van der Waals surface area contributed by atoms with Crippen LogP contribution < -0.4 is 5.43 Å². The lowest BCUT2D eigenvalue weighted by Crippen LogP contribution is -2.59. The highest BCUT2D eigenvalue weighted by molar-refractivity contribution is 7.91. The van der Waals surface area contributed by atoms with E-state index in [1.165, 1.54) is 11.3 Å². The summed E-state index contributed by atoms with van der Waals surface area (Å²) in [5.41, 5.74) is 3.38. The number of carbonyl (C=O) groups is 2. The molecule has 2 aromatic carbocycles. The Labute approximate surface area is 213 Å². The number of likely N-dealkylation sites (tertiary alicyclic amines) is 1. The van der Waals surface area contributed by atoms with E-state index in [0.717, 1.165) is 30.0 Å². The molecule has 3 aromatic rings. The summed E-state index contributed by atoms with van der Waals surface area (Å²) >= 11 is 7.24. The van der Waals surface area contributed by atoms with Crippen molar-refractivity contribution >= 4 is 60.6 Å². The van der Waals surface area contributed by atoms with Gasteiger partial charge in [0.25, 0.3) is 0 Å². The van der Waals surface area contributed by atoms with E-state index in [0.29, 0.717) is 23.2 Å². The second-order valence-electron chi connectivity index (χ2n) is 8.46. The summed E-state index contributed by atoms with van der Waals surface area (Å²) in [4.78, 5) is 29.8. The molecule has 8 nitrogen and oxygen atoms in total. The Morgan fingerprint density at radius 1 is 1.11 bits per heavy atom. The molecule has 2 heterocycles. The van der Waals surface area contributed by atoms with E-state index in [-0.39, 0.29) is 39.9 Å². The molecule has 0 bridgehead atoms. The van der Waals surface area contributed by atoms with E-state index >= 15 is 0 Å². The van der Waals surface area contributed by atoms with Gasteiger partial charge in [0.15, 0.2) is 15.5 Å². The molecule has 1 fully saturated rings. The lowest BCUT2D eigenvalue weighted by atomic mass is 10.1. The summed E-state index contributed by atoms with van der Waals surface area (Å²) in [5, 5.41) is 4.21. The number of thiazole rings is 1. The van der Waals surface area contributed by atoms with E-state index in [1.807, 2.05) is 0 Å². The molecule has 0 radical (unpaired) electrons. The number of fused-ring (bicyclic) bond motifs is 1. The molecule has 1 amide bonds. The lowest BCUT2D eigenvalue weighted by molar-refractivity contribution is -0.838. The van der Waals surface area contributed by atoms with E-state index in [9.17, 15) is 18.0 Å². The van der Waals surface area contributed by atoms with E-state index in [2.05, 4.69) is 10.4 Å². The predicted octanol–water partition coefficient (Wildman–Crippen LogP) is 4.84. The molecule has 186 valence electrons. The van der Waals surface area contributed by atoms with Crippen LogP contribution in [0.15, 0.2) is 46.7 Å². The predicted molar refractivity (Wildman–Crippen MR) is 136 cm³/mol. The molecule has 0 unspecified atom stereocenters. The number of carbonyl (C=O) groups excluding carboxylic acids is 2. The van der Waals surface area contributed by atoms with Crippen molar-refractivity contribution in [3.63, 3.8) is 0 Å². The van der Waals surface area contributed by atoms with Gasteiger partial charge in [0, 0.05) is 10.4 Å². The Kier molecular flexibility index (Phi) is 7.75. The van der Waals surface area contributed by atoms with Gasteiger partial charge in [-0.15, -0.1) is 11.3 Å². The number of quaternary nitrogens is 1. The molecule has 0 spiro atoms. The van der Waals surface area contributed by atoms with Crippen LogP contribution in [0.3, 0.4) is 0 Å². The first kappa shape index (κ1) is 25.6. The summed E-state index contributed by atoms with van der Waals surface area (Å²) in [6.45, 7) is 3.03. The fourth-order valence-corrected chi connectivity index (χ4v) is 6.42. The number of sulfone groups is 1. The Morgan fingerprint density at radius 3 is 2.57 bits per heavy atom. The number of nitrogens with one attached hydrogen (secondary N) is 1. The number of piperidine rings is 1. The molecule has 0 atom stereocenters. The molecule has 1 aliphatic rings. The van der Waals surface area contributed by atoms with Crippen LogP contribution in [0.25, 0.3) is 10.8 Å². The van der Waals surface area contributed by atoms with Gasteiger partial charge in [0.2, 0.25) is 5.13 Å². The average molecular weight is 537 g/mol. The van der Waals surface area contributed by atoms with Gasteiger partial charge in [-0.2, -0.15) is 4.59 Å². The Hall–Kier alpha value is -2.53.